The molecule has 0 bridgehead atoms. The number of methoxy groups -OCH3 is 1. The standard InChI is InChI=1S/C18H17N3O3/c1-23-13-6-4-12(5-7-13)9-17(22)21-10-14-15(11-21)19-20-18(14)16-3-2-8-24-16/h2-8H,9-11H2,1H3,(H,19,20). The number of nitrogens with one attached hydrogen (secondary N) is 1. The summed E-state index contributed by atoms with van der Waals surface area (Å²) in [5.74, 6) is 1.60. The Kier molecular flexibility index (Phi) is 3.57. The number of hydrogen-bond donors (Lipinski definition) is 1. The number of furan rings is 1. The summed E-state index contributed by atoms with van der Waals surface area (Å²) in [6.07, 6.45) is 2.00. The second-order valence-electron chi connectivity index (χ2n) is 5.78. The first kappa shape index (κ1) is 14.6. The summed E-state index contributed by atoms with van der Waals surface area (Å²) in [7, 11) is 1.63. The number of rotatable bonds is 4. The van der Waals surface area contributed by atoms with Crippen molar-refractivity contribution in [1.82, 2.24) is 15.1 Å². The zero-order valence-electron chi connectivity index (χ0n) is 13.3. The van der Waals surface area contributed by atoms with Crippen LogP contribution in [0.4, 0.5) is 0 Å². The number of ether oxygens (including phenoxy) is 1. The summed E-state index contributed by atoms with van der Waals surface area (Å²) in [6.45, 7) is 1.11. The zero-order chi connectivity index (χ0) is 16.5. The van der Waals surface area contributed by atoms with Gasteiger partial charge in [0.1, 0.15) is 11.4 Å². The van der Waals surface area contributed by atoms with E-state index < -0.39 is 0 Å². The molecule has 3 aromatic rings. The van der Waals surface area contributed by atoms with E-state index in [4.69, 9.17) is 9.15 Å². The average Bonchev–Trinajstić information content (AvgIpc) is 3.31. The van der Waals surface area contributed by atoms with Gasteiger partial charge in [0.05, 0.1) is 38.6 Å². The molecule has 0 atom stereocenters. The highest BCUT2D eigenvalue weighted by Gasteiger charge is 2.29. The lowest BCUT2D eigenvalue weighted by molar-refractivity contribution is -0.131. The molecule has 1 aromatic carbocycles. The van der Waals surface area contributed by atoms with Crippen molar-refractivity contribution < 1.29 is 13.9 Å². The molecular weight excluding hydrogens is 306 g/mol. The summed E-state index contributed by atoms with van der Waals surface area (Å²) < 4.78 is 10.6. The van der Waals surface area contributed by atoms with Crippen molar-refractivity contribution >= 4 is 5.91 Å². The minimum atomic E-state index is 0.0927. The van der Waals surface area contributed by atoms with Crippen molar-refractivity contribution in [2.45, 2.75) is 19.5 Å². The molecule has 0 saturated heterocycles. The lowest BCUT2D eigenvalue weighted by Crippen LogP contribution is -2.27. The fourth-order valence-electron chi connectivity index (χ4n) is 2.96. The van der Waals surface area contributed by atoms with Crippen LogP contribution in [0, 0.1) is 0 Å². The van der Waals surface area contributed by atoms with Crippen LogP contribution in [0.2, 0.25) is 0 Å². The second-order valence-corrected chi connectivity index (χ2v) is 5.78. The van der Waals surface area contributed by atoms with E-state index in [-0.39, 0.29) is 5.91 Å². The van der Waals surface area contributed by atoms with Crippen molar-refractivity contribution in [3.05, 3.63) is 59.5 Å². The Balaban J connectivity index is 1.47. The molecule has 0 radical (unpaired) electrons. The van der Waals surface area contributed by atoms with Gasteiger partial charge in [0.2, 0.25) is 5.91 Å². The Morgan fingerprint density at radius 2 is 2.12 bits per heavy atom. The maximum Gasteiger partial charge on any atom is 0.227 e. The van der Waals surface area contributed by atoms with Gasteiger partial charge in [0.15, 0.2) is 5.76 Å². The molecule has 1 N–H and O–H groups in total. The smallest absolute Gasteiger partial charge is 0.227 e. The van der Waals surface area contributed by atoms with Crippen molar-refractivity contribution in [2.24, 2.45) is 0 Å². The lowest BCUT2D eigenvalue weighted by atomic mass is 10.1. The van der Waals surface area contributed by atoms with E-state index in [1.165, 1.54) is 0 Å². The van der Waals surface area contributed by atoms with E-state index in [1.54, 1.807) is 13.4 Å². The molecule has 0 aliphatic carbocycles. The fraction of sp³-hybridized carbons (Fsp3) is 0.222. The van der Waals surface area contributed by atoms with Gasteiger partial charge in [-0.25, -0.2) is 0 Å². The van der Waals surface area contributed by atoms with Crippen LogP contribution in [0.25, 0.3) is 11.5 Å². The third kappa shape index (κ3) is 2.56. The number of aromatic amines is 1. The molecule has 0 saturated carbocycles. The highest BCUT2D eigenvalue weighted by molar-refractivity contribution is 5.80. The van der Waals surface area contributed by atoms with Crippen LogP contribution in [0.5, 0.6) is 5.75 Å². The van der Waals surface area contributed by atoms with Gasteiger partial charge < -0.3 is 14.1 Å². The first-order valence-electron chi connectivity index (χ1n) is 7.75. The zero-order valence-corrected chi connectivity index (χ0v) is 13.3. The predicted molar refractivity (Wildman–Crippen MR) is 87.2 cm³/mol. The molecule has 6 heteroatoms. The Morgan fingerprint density at radius 1 is 1.29 bits per heavy atom. The topological polar surface area (TPSA) is 71.4 Å². The maximum atomic E-state index is 12.6. The third-order valence-corrected chi connectivity index (χ3v) is 4.27. The SMILES string of the molecule is COc1ccc(CC(=O)N2Cc3[nH]nc(-c4ccco4)c3C2)cc1. The van der Waals surface area contributed by atoms with Gasteiger partial charge in [-0.15, -0.1) is 0 Å². The molecule has 1 aliphatic rings. The molecular formula is C18H17N3O3. The molecule has 1 amide bonds. The molecule has 2 aromatic heterocycles. The van der Waals surface area contributed by atoms with Crippen molar-refractivity contribution in [3.8, 4) is 17.2 Å². The molecule has 122 valence electrons. The Morgan fingerprint density at radius 3 is 2.83 bits per heavy atom. The van der Waals surface area contributed by atoms with E-state index >= 15 is 0 Å². The van der Waals surface area contributed by atoms with Crippen LogP contribution in [-0.4, -0.2) is 28.1 Å². The fourth-order valence-corrected chi connectivity index (χ4v) is 2.96. The van der Waals surface area contributed by atoms with Gasteiger partial charge in [-0.3, -0.25) is 9.89 Å². The van der Waals surface area contributed by atoms with Gasteiger partial charge >= 0.3 is 0 Å². The first-order valence-corrected chi connectivity index (χ1v) is 7.75. The Labute approximate surface area is 139 Å². The Hall–Kier alpha value is -3.02. The van der Waals surface area contributed by atoms with Crippen LogP contribution >= 0.6 is 0 Å². The number of aromatic nitrogens is 2. The van der Waals surface area contributed by atoms with Crippen LogP contribution in [0.3, 0.4) is 0 Å². The van der Waals surface area contributed by atoms with E-state index in [1.807, 2.05) is 41.3 Å². The summed E-state index contributed by atoms with van der Waals surface area (Å²) in [4.78, 5) is 14.4. The number of nitrogens with zero attached hydrogens (tertiary/aromatic N) is 2. The summed E-state index contributed by atoms with van der Waals surface area (Å²) in [6, 6.07) is 11.3. The van der Waals surface area contributed by atoms with Gasteiger partial charge in [0.25, 0.3) is 0 Å². The number of amides is 1. The monoisotopic (exact) mass is 323 g/mol. The van der Waals surface area contributed by atoms with Crippen molar-refractivity contribution in [3.63, 3.8) is 0 Å². The Bertz CT molecular complexity index is 850. The maximum absolute atomic E-state index is 12.6. The number of carbonyl (C=O) groups is 1. The molecule has 4 rings (SSSR count). The highest BCUT2D eigenvalue weighted by atomic mass is 16.5. The largest absolute Gasteiger partial charge is 0.497 e. The normalized spacial score (nSPS) is 13.1. The number of fused-ring (bicyclic) bond motifs is 1. The quantitative estimate of drug-likeness (QED) is 0.801. The lowest BCUT2D eigenvalue weighted by Gasteiger charge is -2.16. The molecule has 3 heterocycles. The van der Waals surface area contributed by atoms with Crippen LogP contribution < -0.4 is 4.74 Å². The average molecular weight is 323 g/mol. The van der Waals surface area contributed by atoms with Crippen LogP contribution in [0.1, 0.15) is 16.8 Å². The van der Waals surface area contributed by atoms with Gasteiger partial charge in [-0.2, -0.15) is 5.10 Å². The van der Waals surface area contributed by atoms with Crippen LogP contribution in [-0.2, 0) is 24.3 Å². The third-order valence-electron chi connectivity index (χ3n) is 4.27. The van der Waals surface area contributed by atoms with Crippen molar-refractivity contribution in [2.75, 3.05) is 7.11 Å². The van der Waals surface area contributed by atoms with E-state index in [0.29, 0.717) is 19.5 Å². The summed E-state index contributed by atoms with van der Waals surface area (Å²) in [5.41, 5.74) is 3.77. The number of benzene rings is 1. The van der Waals surface area contributed by atoms with E-state index in [2.05, 4.69) is 10.2 Å². The molecule has 6 nitrogen and oxygen atoms in total. The molecule has 0 spiro atoms. The van der Waals surface area contributed by atoms with Gasteiger partial charge in [-0.1, -0.05) is 12.1 Å². The van der Waals surface area contributed by atoms with Gasteiger partial charge in [0, 0.05) is 5.56 Å². The van der Waals surface area contributed by atoms with Gasteiger partial charge in [-0.05, 0) is 29.8 Å². The minimum Gasteiger partial charge on any atom is -0.497 e. The number of carbonyl (C=O) groups excluding carboxylic acids is 1. The van der Waals surface area contributed by atoms with E-state index in [9.17, 15) is 4.79 Å². The number of H-pyrrole nitrogens is 1. The first-order chi connectivity index (χ1) is 11.7. The summed E-state index contributed by atoms with van der Waals surface area (Å²) in [5, 5.41) is 7.32. The molecule has 1 aliphatic heterocycles. The second kappa shape index (κ2) is 5.88. The van der Waals surface area contributed by atoms with E-state index in [0.717, 1.165) is 34.0 Å². The highest BCUT2D eigenvalue weighted by Crippen LogP contribution is 2.31. The summed E-state index contributed by atoms with van der Waals surface area (Å²) >= 11 is 0. The molecule has 0 unspecified atom stereocenters. The molecule has 24 heavy (non-hydrogen) atoms. The number of hydrogen-bond acceptors (Lipinski definition) is 4. The molecule has 0 fully saturated rings. The minimum absolute atomic E-state index is 0.0927. The van der Waals surface area contributed by atoms with Crippen molar-refractivity contribution in [1.29, 1.82) is 0 Å². The predicted octanol–water partition coefficient (Wildman–Crippen LogP) is 2.76. The van der Waals surface area contributed by atoms with Crippen LogP contribution in [0.15, 0.2) is 47.1 Å².